The van der Waals surface area contributed by atoms with Crippen molar-refractivity contribution in [2.45, 2.75) is 113 Å². The molecule has 0 aromatic rings. The van der Waals surface area contributed by atoms with Crippen LogP contribution in [0.4, 0.5) is 0 Å². The number of carbonyl (C=O) groups is 3. The average molecular weight is 647 g/mol. The van der Waals surface area contributed by atoms with Crippen molar-refractivity contribution in [1.29, 1.82) is 15.8 Å². The quantitative estimate of drug-likeness (QED) is 0.0374. The number of nitriles is 3. The number of allylic oxidation sites excluding steroid dienone is 6. The van der Waals surface area contributed by atoms with Crippen LogP contribution in [0.25, 0.3) is 0 Å². The van der Waals surface area contributed by atoms with Gasteiger partial charge in [-0.2, -0.15) is 15.8 Å². The number of nitrogens with zero attached hydrogens (tertiary/aromatic N) is 3. The fourth-order valence-corrected chi connectivity index (χ4v) is 6.37. The number of ether oxygens (including phenoxy) is 3. The van der Waals surface area contributed by atoms with Gasteiger partial charge in [0.05, 0.1) is 37.0 Å². The molecule has 0 atom stereocenters. The Balaban J connectivity index is 2.08. The van der Waals surface area contributed by atoms with Crippen LogP contribution in [0.15, 0.2) is 44.7 Å². The summed E-state index contributed by atoms with van der Waals surface area (Å²) in [5.41, 5.74) is 2.56. The van der Waals surface area contributed by atoms with Gasteiger partial charge < -0.3 is 19.5 Å². The maximum absolute atomic E-state index is 12.8. The van der Waals surface area contributed by atoms with E-state index in [0.717, 1.165) is 50.5 Å². The summed E-state index contributed by atoms with van der Waals surface area (Å²) in [7, 11) is 0. The molecule has 0 fully saturated rings. The summed E-state index contributed by atoms with van der Waals surface area (Å²) in [5, 5.41) is 33.2. The second-order valence-corrected chi connectivity index (χ2v) is 13.5. The number of hydrogen-bond donors (Lipinski definition) is 1. The lowest BCUT2D eigenvalue weighted by molar-refractivity contribution is -0.146. The lowest BCUT2D eigenvalue weighted by Crippen LogP contribution is -2.31. The molecular weight excluding hydrogens is 596 g/mol. The van der Waals surface area contributed by atoms with E-state index in [0.29, 0.717) is 53.8 Å². The van der Waals surface area contributed by atoms with E-state index in [2.05, 4.69) is 31.3 Å². The van der Waals surface area contributed by atoms with Gasteiger partial charge in [0.2, 0.25) is 0 Å². The van der Waals surface area contributed by atoms with E-state index >= 15 is 0 Å². The summed E-state index contributed by atoms with van der Waals surface area (Å²) in [6, 6.07) is 6.49. The van der Waals surface area contributed by atoms with Crippen molar-refractivity contribution in [1.82, 2.24) is 5.32 Å². The Labute approximate surface area is 280 Å². The molecular formula is C37H50N4O6. The average Bonchev–Trinajstić information content (AvgIpc) is 2.98. The molecule has 0 aromatic carbocycles. The van der Waals surface area contributed by atoms with E-state index in [1.54, 1.807) is 20.8 Å². The summed E-state index contributed by atoms with van der Waals surface area (Å²) < 4.78 is 15.4. The van der Waals surface area contributed by atoms with Crippen LogP contribution in [0.1, 0.15) is 113 Å². The zero-order valence-corrected chi connectivity index (χ0v) is 29.2. The highest BCUT2D eigenvalue weighted by atomic mass is 16.6. The van der Waals surface area contributed by atoms with Gasteiger partial charge in [-0.25, -0.2) is 14.4 Å². The maximum atomic E-state index is 12.8. The van der Waals surface area contributed by atoms with Gasteiger partial charge in [0, 0.05) is 12.2 Å². The topological polar surface area (TPSA) is 162 Å². The van der Waals surface area contributed by atoms with Gasteiger partial charge in [0.1, 0.15) is 23.3 Å². The molecule has 10 nitrogen and oxygen atoms in total. The number of rotatable bonds is 15. The molecule has 0 spiro atoms. The van der Waals surface area contributed by atoms with Crippen LogP contribution in [-0.2, 0) is 28.6 Å². The minimum Gasteiger partial charge on any atom is -0.462 e. The molecule has 0 aromatic heterocycles. The van der Waals surface area contributed by atoms with Crippen molar-refractivity contribution in [3.63, 3.8) is 0 Å². The normalized spacial score (nSPS) is 17.9. The SMILES string of the molecule is CCOC(=O)C(C(=O)OCC)=C1CC(C)(C)CC(NCCCCCCCC2=C(C#N)/C(=C(\C#N)C(=O)OCC)CC(C)(C)C2)=C1C#N. The van der Waals surface area contributed by atoms with Crippen molar-refractivity contribution in [2.24, 2.45) is 10.8 Å². The molecule has 0 bridgehead atoms. The predicted octanol–water partition coefficient (Wildman–Crippen LogP) is 6.96. The Hall–Kier alpha value is -4.36. The first kappa shape index (κ1) is 38.8. The molecule has 2 aliphatic rings. The number of unbranched alkanes of at least 4 members (excludes halogenated alkanes) is 4. The minimum absolute atomic E-state index is 0.0715. The highest BCUT2D eigenvalue weighted by Crippen LogP contribution is 2.45. The molecule has 0 aliphatic heterocycles. The second-order valence-electron chi connectivity index (χ2n) is 13.5. The molecule has 0 unspecified atom stereocenters. The van der Waals surface area contributed by atoms with Crippen molar-refractivity contribution < 1.29 is 28.6 Å². The molecule has 0 saturated heterocycles. The monoisotopic (exact) mass is 646 g/mol. The molecule has 0 radical (unpaired) electrons. The van der Waals surface area contributed by atoms with Crippen LogP contribution in [0.5, 0.6) is 0 Å². The summed E-state index contributed by atoms with van der Waals surface area (Å²) >= 11 is 0. The predicted molar refractivity (Wildman–Crippen MR) is 177 cm³/mol. The highest BCUT2D eigenvalue weighted by molar-refractivity contribution is 6.15. The number of carbonyl (C=O) groups excluding carboxylic acids is 3. The molecule has 0 saturated carbocycles. The molecule has 0 amide bonds. The lowest BCUT2D eigenvalue weighted by atomic mass is 9.70. The zero-order valence-electron chi connectivity index (χ0n) is 29.2. The largest absolute Gasteiger partial charge is 0.462 e. The lowest BCUT2D eigenvalue weighted by Gasteiger charge is -2.34. The van der Waals surface area contributed by atoms with E-state index < -0.39 is 17.9 Å². The Morgan fingerprint density at radius 2 is 1.19 bits per heavy atom. The van der Waals surface area contributed by atoms with Gasteiger partial charge in [0.25, 0.3) is 0 Å². The Morgan fingerprint density at radius 3 is 1.74 bits per heavy atom. The zero-order chi connectivity index (χ0) is 35.2. The third-order valence-corrected chi connectivity index (χ3v) is 8.29. The van der Waals surface area contributed by atoms with Gasteiger partial charge in [-0.15, -0.1) is 0 Å². The first-order valence-corrected chi connectivity index (χ1v) is 16.7. The number of esters is 3. The van der Waals surface area contributed by atoms with Crippen molar-refractivity contribution in [3.8, 4) is 18.2 Å². The standard InChI is InChI=1S/C37H50N4O6/c1-8-45-33(42)30(24-40)26-19-36(4,5)18-25(28(26)22-38)16-14-12-11-13-15-17-41-31-21-37(6,7)20-27(29(31)23-39)32(34(43)46-9-2)35(44)47-10-3/h41H,8-21H2,1-7H3/b30-26+. The molecule has 47 heavy (non-hydrogen) atoms. The van der Waals surface area contributed by atoms with Crippen molar-refractivity contribution in [2.75, 3.05) is 26.4 Å². The molecule has 0 heterocycles. The fraction of sp³-hybridized carbons (Fsp3) is 0.622. The molecule has 1 N–H and O–H groups in total. The van der Waals surface area contributed by atoms with Crippen LogP contribution < -0.4 is 5.32 Å². The first-order chi connectivity index (χ1) is 22.3. The first-order valence-electron chi connectivity index (χ1n) is 16.7. The van der Waals surface area contributed by atoms with E-state index in [9.17, 15) is 30.2 Å². The molecule has 2 aliphatic carbocycles. The van der Waals surface area contributed by atoms with Gasteiger partial charge in [0.15, 0.2) is 0 Å². The highest BCUT2D eigenvalue weighted by Gasteiger charge is 2.37. The fourth-order valence-electron chi connectivity index (χ4n) is 6.37. The second kappa shape index (κ2) is 18.1. The Bertz CT molecular complexity index is 1440. The van der Waals surface area contributed by atoms with Crippen LogP contribution >= 0.6 is 0 Å². The van der Waals surface area contributed by atoms with Gasteiger partial charge in [-0.05, 0) is 87.7 Å². The third kappa shape index (κ3) is 10.9. The van der Waals surface area contributed by atoms with Crippen molar-refractivity contribution in [3.05, 3.63) is 44.7 Å². The van der Waals surface area contributed by atoms with Crippen LogP contribution in [0.3, 0.4) is 0 Å². The summed E-state index contributed by atoms with van der Waals surface area (Å²) in [4.78, 5) is 38.1. The van der Waals surface area contributed by atoms with E-state index in [4.69, 9.17) is 14.2 Å². The van der Waals surface area contributed by atoms with E-state index in [1.165, 1.54) is 0 Å². The minimum atomic E-state index is -0.781. The van der Waals surface area contributed by atoms with Gasteiger partial charge in [-0.1, -0.05) is 52.5 Å². The van der Waals surface area contributed by atoms with E-state index in [-0.39, 0.29) is 41.8 Å². The maximum Gasteiger partial charge on any atom is 0.349 e. The summed E-state index contributed by atoms with van der Waals surface area (Å²) in [6.45, 7) is 14.2. The number of nitrogens with one attached hydrogen (secondary N) is 1. The van der Waals surface area contributed by atoms with Gasteiger partial charge in [-0.3, -0.25) is 0 Å². The molecule has 254 valence electrons. The molecule has 10 heteroatoms. The van der Waals surface area contributed by atoms with E-state index in [1.807, 2.05) is 19.9 Å². The summed E-state index contributed by atoms with van der Waals surface area (Å²) in [6.07, 6.45) is 7.54. The smallest absolute Gasteiger partial charge is 0.349 e. The van der Waals surface area contributed by atoms with Crippen molar-refractivity contribution >= 4 is 17.9 Å². The Kier molecular flexibility index (Phi) is 15.0. The summed E-state index contributed by atoms with van der Waals surface area (Å²) in [5.74, 6) is -2.24. The van der Waals surface area contributed by atoms with Crippen LogP contribution in [0.2, 0.25) is 0 Å². The number of hydrogen-bond acceptors (Lipinski definition) is 10. The van der Waals surface area contributed by atoms with Crippen LogP contribution in [-0.4, -0.2) is 44.3 Å². The Morgan fingerprint density at radius 1 is 0.681 bits per heavy atom. The van der Waals surface area contributed by atoms with Crippen LogP contribution in [0, 0.1) is 44.8 Å². The van der Waals surface area contributed by atoms with Gasteiger partial charge >= 0.3 is 17.9 Å². The molecule has 2 rings (SSSR count). The third-order valence-electron chi connectivity index (χ3n) is 8.29.